The third-order valence-corrected chi connectivity index (χ3v) is 11.8. The number of halogens is 2. The summed E-state index contributed by atoms with van der Waals surface area (Å²) in [4.78, 5) is 0. The highest BCUT2D eigenvalue weighted by atomic mass is 28.3. The fourth-order valence-electron chi connectivity index (χ4n) is 5.52. The van der Waals surface area contributed by atoms with Gasteiger partial charge in [0, 0.05) is 0 Å². The third-order valence-electron chi connectivity index (χ3n) is 6.90. The summed E-state index contributed by atoms with van der Waals surface area (Å²) < 4.78 is 28.1. The molecule has 0 bridgehead atoms. The van der Waals surface area contributed by atoms with Crippen molar-refractivity contribution in [3.8, 4) is 0 Å². The number of fused-ring (bicyclic) bond motifs is 1. The quantitative estimate of drug-likeness (QED) is 0.284. The van der Waals surface area contributed by atoms with E-state index in [2.05, 4.69) is 72.8 Å². The molecule has 5 aromatic rings. The molecule has 0 aromatic heterocycles. The Morgan fingerprint density at radius 3 is 1.43 bits per heavy atom. The fraction of sp³-hybridized carbons (Fsp3) is 0. The predicted octanol–water partition coefficient (Wildman–Crippen LogP) is 5.95. The Morgan fingerprint density at radius 2 is 0.886 bits per heavy atom. The van der Waals surface area contributed by atoms with Crippen LogP contribution in [0.25, 0.3) is 10.8 Å². The molecule has 1 aliphatic rings. The van der Waals surface area contributed by atoms with Crippen molar-refractivity contribution < 1.29 is 8.78 Å². The molecule has 0 saturated carbocycles. The number of hydrogen-bond donors (Lipinski definition) is 0. The summed E-state index contributed by atoms with van der Waals surface area (Å²) in [6.45, 7) is 0. The van der Waals surface area contributed by atoms with Crippen LogP contribution in [0, 0.1) is 11.6 Å². The Kier molecular flexibility index (Phi) is 5.27. The molecule has 0 unspecified atom stereocenters. The van der Waals surface area contributed by atoms with Gasteiger partial charge in [-0.3, -0.25) is 0 Å². The minimum Gasteiger partial charge on any atom is -0.207 e. The zero-order valence-corrected chi connectivity index (χ0v) is 20.0. The van der Waals surface area contributed by atoms with E-state index < -0.39 is 8.07 Å². The van der Waals surface area contributed by atoms with Gasteiger partial charge < -0.3 is 0 Å². The molecular weight excluding hydrogens is 450 g/mol. The van der Waals surface area contributed by atoms with E-state index in [9.17, 15) is 8.78 Å². The van der Waals surface area contributed by atoms with Gasteiger partial charge >= 0.3 is 0 Å². The van der Waals surface area contributed by atoms with Gasteiger partial charge in [0.15, 0.2) is 8.07 Å². The minimum atomic E-state index is -2.79. The maximum atomic E-state index is 14.1. The molecule has 0 spiro atoms. The van der Waals surface area contributed by atoms with Crippen LogP contribution in [0.4, 0.5) is 8.78 Å². The lowest BCUT2D eigenvalue weighted by atomic mass is 9.95. The Hall–Kier alpha value is -4.08. The van der Waals surface area contributed by atoms with Crippen LogP contribution in [0.2, 0.25) is 0 Å². The zero-order valence-electron chi connectivity index (χ0n) is 19.0. The van der Waals surface area contributed by atoms with Crippen molar-refractivity contribution in [3.63, 3.8) is 0 Å². The lowest BCUT2D eigenvalue weighted by Crippen LogP contribution is -2.66. The van der Waals surface area contributed by atoms with Gasteiger partial charge in [-0.15, -0.1) is 0 Å². The largest absolute Gasteiger partial charge is 0.207 e. The van der Waals surface area contributed by atoms with Crippen LogP contribution >= 0.6 is 0 Å². The molecule has 168 valence electrons. The fourth-order valence-corrected chi connectivity index (χ4v) is 10.9. The summed E-state index contributed by atoms with van der Waals surface area (Å²) in [6.07, 6.45) is 0. The van der Waals surface area contributed by atoms with Gasteiger partial charge in [0.2, 0.25) is 0 Å². The topological polar surface area (TPSA) is 0 Å². The molecule has 35 heavy (non-hydrogen) atoms. The van der Waals surface area contributed by atoms with E-state index in [1.54, 1.807) is 0 Å². The van der Waals surface area contributed by atoms with Gasteiger partial charge in [-0.1, -0.05) is 109 Å². The van der Waals surface area contributed by atoms with E-state index in [1.165, 1.54) is 45.0 Å². The van der Waals surface area contributed by atoms with Gasteiger partial charge in [-0.2, -0.15) is 0 Å². The first kappa shape index (κ1) is 21.5. The average Bonchev–Trinajstić information content (AvgIpc) is 3.22. The van der Waals surface area contributed by atoms with Crippen LogP contribution in [0.15, 0.2) is 133 Å². The van der Waals surface area contributed by atoms with Crippen LogP contribution in [0.3, 0.4) is 0 Å². The molecule has 0 aliphatic carbocycles. The maximum absolute atomic E-state index is 14.1. The van der Waals surface area contributed by atoms with Gasteiger partial charge in [0.05, 0.1) is 0 Å². The smallest absolute Gasteiger partial charge is 0.181 e. The number of benzene rings is 5. The normalized spacial score (nSPS) is 14.1. The molecule has 5 aromatic carbocycles. The first-order chi connectivity index (χ1) is 17.2. The van der Waals surface area contributed by atoms with E-state index in [4.69, 9.17) is 0 Å². The third kappa shape index (κ3) is 3.39. The molecule has 6 rings (SSSR count). The molecule has 1 aliphatic heterocycles. The van der Waals surface area contributed by atoms with Crippen molar-refractivity contribution in [2.24, 2.45) is 0 Å². The van der Waals surface area contributed by atoms with Crippen LogP contribution in [0.1, 0.15) is 16.7 Å². The van der Waals surface area contributed by atoms with Crippen molar-refractivity contribution in [1.29, 1.82) is 0 Å². The predicted molar refractivity (Wildman–Crippen MR) is 143 cm³/mol. The minimum absolute atomic E-state index is 0.264. The van der Waals surface area contributed by atoms with Crippen LogP contribution in [-0.2, 0) is 0 Å². The van der Waals surface area contributed by atoms with E-state index in [-0.39, 0.29) is 11.6 Å². The lowest BCUT2D eigenvalue weighted by molar-refractivity contribution is 0.627. The summed E-state index contributed by atoms with van der Waals surface area (Å²) >= 11 is 0. The van der Waals surface area contributed by atoms with E-state index in [0.29, 0.717) is 0 Å². The highest BCUT2D eigenvalue weighted by Gasteiger charge is 2.50. The summed E-state index contributed by atoms with van der Waals surface area (Å²) in [5, 5.41) is 5.00. The molecule has 0 fully saturated rings. The van der Waals surface area contributed by atoms with Gasteiger partial charge in [0.1, 0.15) is 11.6 Å². The van der Waals surface area contributed by atoms with Crippen molar-refractivity contribution in [2.75, 3.05) is 0 Å². The van der Waals surface area contributed by atoms with Crippen molar-refractivity contribution >= 4 is 34.4 Å². The van der Waals surface area contributed by atoms with Gasteiger partial charge in [0.25, 0.3) is 0 Å². The SMILES string of the molecule is Fc1ccc(C2=C(c3ccc(F)cc3)[Si](c3ccccc3)(c3ccccc3)c3ccccc32)cc1. The van der Waals surface area contributed by atoms with E-state index >= 15 is 0 Å². The second-order valence-electron chi connectivity index (χ2n) is 8.79. The molecule has 1 heterocycles. The molecule has 3 heteroatoms. The highest BCUT2D eigenvalue weighted by molar-refractivity contribution is 7.25. The summed E-state index contributed by atoms with van der Waals surface area (Å²) in [6, 6.07) is 43.4. The molecule has 0 atom stereocenters. The standard InChI is InChI=1S/C32H22F2Si/c33-25-19-15-23(16-20-25)31-29-13-7-8-14-30(29)35(27-9-3-1-4-10-27,28-11-5-2-6-12-28)32(31)24-17-21-26(34)22-18-24/h1-22H. The lowest BCUT2D eigenvalue weighted by Gasteiger charge is -2.33. The Labute approximate surface area is 204 Å². The molecule has 0 radical (unpaired) electrons. The molecule has 0 nitrogen and oxygen atoms in total. The number of hydrogen-bond acceptors (Lipinski definition) is 0. The summed E-state index contributed by atoms with van der Waals surface area (Å²) in [7, 11) is -2.79. The molecule has 0 amide bonds. The van der Waals surface area contributed by atoms with Crippen molar-refractivity contribution in [1.82, 2.24) is 0 Å². The first-order valence-corrected chi connectivity index (χ1v) is 13.7. The van der Waals surface area contributed by atoms with E-state index in [0.717, 1.165) is 22.3 Å². The van der Waals surface area contributed by atoms with Crippen LogP contribution < -0.4 is 15.6 Å². The van der Waals surface area contributed by atoms with Crippen molar-refractivity contribution in [2.45, 2.75) is 0 Å². The van der Waals surface area contributed by atoms with E-state index in [1.807, 2.05) is 36.4 Å². The summed E-state index contributed by atoms with van der Waals surface area (Å²) in [5.41, 5.74) is 4.19. The average molecular weight is 473 g/mol. The maximum Gasteiger partial charge on any atom is 0.181 e. The Morgan fingerprint density at radius 1 is 0.429 bits per heavy atom. The molecule has 0 N–H and O–H groups in total. The Bertz CT molecular complexity index is 1480. The van der Waals surface area contributed by atoms with Gasteiger partial charge in [-0.05, 0) is 67.3 Å². The molecular formula is C32H22F2Si. The molecule has 0 saturated heterocycles. The van der Waals surface area contributed by atoms with Crippen LogP contribution in [0.5, 0.6) is 0 Å². The van der Waals surface area contributed by atoms with Crippen molar-refractivity contribution in [3.05, 3.63) is 162 Å². The van der Waals surface area contributed by atoms with Gasteiger partial charge in [-0.25, -0.2) is 8.78 Å². The second-order valence-corrected chi connectivity index (χ2v) is 12.5. The summed E-state index contributed by atoms with van der Waals surface area (Å²) in [5.74, 6) is -0.529. The first-order valence-electron chi connectivity index (χ1n) is 11.7. The monoisotopic (exact) mass is 472 g/mol. The highest BCUT2D eigenvalue weighted by Crippen LogP contribution is 2.43. The van der Waals surface area contributed by atoms with Crippen LogP contribution in [-0.4, -0.2) is 8.07 Å². The Balaban J connectivity index is 1.83. The number of rotatable bonds is 4. The zero-order chi connectivity index (χ0) is 23.8. The second kappa shape index (κ2) is 8.61.